The van der Waals surface area contributed by atoms with E-state index in [1.54, 1.807) is 0 Å². The number of hydrogen-bond donors (Lipinski definition) is 1. The van der Waals surface area contributed by atoms with Crippen LogP contribution in [0.15, 0.2) is 18.2 Å². The number of nitrogens with zero attached hydrogens (tertiary/aromatic N) is 2. The Morgan fingerprint density at radius 2 is 1.67 bits per heavy atom. The van der Waals surface area contributed by atoms with Crippen molar-refractivity contribution in [1.82, 2.24) is 0 Å². The fourth-order valence-corrected chi connectivity index (χ4v) is 2.81. The van der Waals surface area contributed by atoms with E-state index in [-0.39, 0.29) is 0 Å². The van der Waals surface area contributed by atoms with Crippen LogP contribution in [-0.2, 0) is 4.74 Å². The molecule has 0 radical (unpaired) electrons. The topological polar surface area (TPSA) is 41.7 Å². The first-order valence-corrected chi connectivity index (χ1v) is 6.82. The first kappa shape index (κ1) is 11.7. The standard InChI is InChI=1S/C14H21N3O/c15-13-11-12(16-7-9-18-10-8-16)3-4-14(13)17-5-1-2-6-17/h3-4,11H,1-2,5-10,15H2. The van der Waals surface area contributed by atoms with Crippen LogP contribution in [0.2, 0.25) is 0 Å². The minimum Gasteiger partial charge on any atom is -0.397 e. The summed E-state index contributed by atoms with van der Waals surface area (Å²) in [6, 6.07) is 6.47. The van der Waals surface area contributed by atoms with Crippen molar-refractivity contribution in [1.29, 1.82) is 0 Å². The number of benzene rings is 1. The maximum Gasteiger partial charge on any atom is 0.0642 e. The summed E-state index contributed by atoms with van der Waals surface area (Å²) in [4.78, 5) is 4.73. The highest BCUT2D eigenvalue weighted by molar-refractivity contribution is 5.73. The van der Waals surface area contributed by atoms with Crippen molar-refractivity contribution < 1.29 is 4.74 Å². The molecule has 2 saturated heterocycles. The van der Waals surface area contributed by atoms with E-state index in [1.165, 1.54) is 24.2 Å². The molecule has 98 valence electrons. The molecule has 2 fully saturated rings. The van der Waals surface area contributed by atoms with Gasteiger partial charge in [-0.25, -0.2) is 0 Å². The molecule has 0 spiro atoms. The Hall–Kier alpha value is -1.42. The van der Waals surface area contributed by atoms with Crippen molar-refractivity contribution in [2.24, 2.45) is 0 Å². The number of ether oxygens (including phenoxy) is 1. The van der Waals surface area contributed by atoms with E-state index in [0.717, 1.165) is 45.1 Å². The van der Waals surface area contributed by atoms with E-state index in [2.05, 4.69) is 28.0 Å². The number of anilines is 3. The normalized spacial score (nSPS) is 20.4. The molecule has 0 aromatic heterocycles. The number of morpholine rings is 1. The molecule has 18 heavy (non-hydrogen) atoms. The van der Waals surface area contributed by atoms with Gasteiger partial charge in [-0.1, -0.05) is 0 Å². The van der Waals surface area contributed by atoms with E-state index in [1.807, 2.05) is 0 Å². The van der Waals surface area contributed by atoms with Gasteiger partial charge in [0.05, 0.1) is 24.6 Å². The molecule has 4 nitrogen and oxygen atoms in total. The van der Waals surface area contributed by atoms with Crippen LogP contribution >= 0.6 is 0 Å². The smallest absolute Gasteiger partial charge is 0.0642 e. The third-order valence-corrected chi connectivity index (χ3v) is 3.83. The minimum atomic E-state index is 0.813. The van der Waals surface area contributed by atoms with Crippen LogP contribution in [-0.4, -0.2) is 39.4 Å². The summed E-state index contributed by atoms with van der Waals surface area (Å²) in [5.41, 5.74) is 9.53. The van der Waals surface area contributed by atoms with Gasteiger partial charge in [0.15, 0.2) is 0 Å². The van der Waals surface area contributed by atoms with Crippen LogP contribution in [0.25, 0.3) is 0 Å². The molecule has 0 unspecified atom stereocenters. The lowest BCUT2D eigenvalue weighted by Gasteiger charge is -2.30. The Bertz CT molecular complexity index is 410. The summed E-state index contributed by atoms with van der Waals surface area (Å²) in [5, 5.41) is 0. The predicted molar refractivity (Wildman–Crippen MR) is 75.3 cm³/mol. The van der Waals surface area contributed by atoms with Crippen LogP contribution in [0.4, 0.5) is 17.1 Å². The second-order valence-corrected chi connectivity index (χ2v) is 5.04. The summed E-state index contributed by atoms with van der Waals surface area (Å²) in [6.07, 6.45) is 2.56. The largest absolute Gasteiger partial charge is 0.397 e. The third-order valence-electron chi connectivity index (χ3n) is 3.83. The van der Waals surface area contributed by atoms with E-state index in [9.17, 15) is 0 Å². The van der Waals surface area contributed by atoms with Crippen LogP contribution in [0, 0.1) is 0 Å². The van der Waals surface area contributed by atoms with E-state index in [4.69, 9.17) is 10.5 Å². The Labute approximate surface area is 108 Å². The van der Waals surface area contributed by atoms with Gasteiger partial charge in [-0.05, 0) is 31.0 Å². The third kappa shape index (κ3) is 2.25. The fraction of sp³-hybridized carbons (Fsp3) is 0.571. The van der Waals surface area contributed by atoms with E-state index >= 15 is 0 Å². The molecule has 3 rings (SSSR count). The summed E-state index contributed by atoms with van der Waals surface area (Å²) < 4.78 is 5.38. The average molecular weight is 247 g/mol. The predicted octanol–water partition coefficient (Wildman–Crippen LogP) is 1.71. The molecule has 2 aliphatic heterocycles. The van der Waals surface area contributed by atoms with Gasteiger partial charge < -0.3 is 20.3 Å². The second kappa shape index (κ2) is 5.06. The van der Waals surface area contributed by atoms with Crippen LogP contribution < -0.4 is 15.5 Å². The lowest BCUT2D eigenvalue weighted by atomic mass is 10.2. The van der Waals surface area contributed by atoms with Gasteiger partial charge in [-0.2, -0.15) is 0 Å². The zero-order valence-electron chi connectivity index (χ0n) is 10.8. The number of rotatable bonds is 2. The van der Waals surface area contributed by atoms with Gasteiger partial charge in [0.25, 0.3) is 0 Å². The Kier molecular flexibility index (Phi) is 3.28. The maximum atomic E-state index is 6.21. The lowest BCUT2D eigenvalue weighted by molar-refractivity contribution is 0.122. The van der Waals surface area contributed by atoms with Crippen molar-refractivity contribution in [3.63, 3.8) is 0 Å². The molecule has 1 aromatic carbocycles. The quantitative estimate of drug-likeness (QED) is 0.808. The SMILES string of the molecule is Nc1cc(N2CCOCC2)ccc1N1CCCC1. The fourth-order valence-electron chi connectivity index (χ4n) is 2.81. The minimum absolute atomic E-state index is 0.813. The van der Waals surface area contributed by atoms with Crippen molar-refractivity contribution in [3.05, 3.63) is 18.2 Å². The molecule has 1 aromatic rings. The van der Waals surface area contributed by atoms with Crippen LogP contribution in [0.5, 0.6) is 0 Å². The first-order valence-electron chi connectivity index (χ1n) is 6.82. The van der Waals surface area contributed by atoms with Gasteiger partial charge in [0.1, 0.15) is 0 Å². The van der Waals surface area contributed by atoms with Crippen molar-refractivity contribution >= 4 is 17.1 Å². The van der Waals surface area contributed by atoms with Crippen LogP contribution in [0.1, 0.15) is 12.8 Å². The Balaban J connectivity index is 1.79. The molecular weight excluding hydrogens is 226 g/mol. The molecule has 0 saturated carbocycles. The van der Waals surface area contributed by atoms with E-state index < -0.39 is 0 Å². The molecule has 0 atom stereocenters. The van der Waals surface area contributed by atoms with E-state index in [0.29, 0.717) is 0 Å². The summed E-state index contributed by atoms with van der Waals surface area (Å²) in [5.74, 6) is 0. The lowest BCUT2D eigenvalue weighted by Crippen LogP contribution is -2.36. The highest BCUT2D eigenvalue weighted by Crippen LogP contribution is 2.30. The monoisotopic (exact) mass is 247 g/mol. The van der Waals surface area contributed by atoms with Crippen molar-refractivity contribution in [2.75, 3.05) is 54.9 Å². The second-order valence-electron chi connectivity index (χ2n) is 5.04. The number of hydrogen-bond acceptors (Lipinski definition) is 4. The summed E-state index contributed by atoms with van der Waals surface area (Å²) >= 11 is 0. The maximum absolute atomic E-state index is 6.21. The van der Waals surface area contributed by atoms with Gasteiger partial charge in [0.2, 0.25) is 0 Å². The Morgan fingerprint density at radius 1 is 0.944 bits per heavy atom. The molecular formula is C14H21N3O. The van der Waals surface area contributed by atoms with Crippen molar-refractivity contribution in [3.8, 4) is 0 Å². The molecule has 4 heteroatoms. The van der Waals surface area contributed by atoms with Crippen LogP contribution in [0.3, 0.4) is 0 Å². The molecule has 0 bridgehead atoms. The molecule has 2 heterocycles. The molecule has 0 amide bonds. The first-order chi connectivity index (χ1) is 8.84. The zero-order valence-corrected chi connectivity index (χ0v) is 10.8. The zero-order chi connectivity index (χ0) is 12.4. The highest BCUT2D eigenvalue weighted by Gasteiger charge is 2.17. The summed E-state index contributed by atoms with van der Waals surface area (Å²) in [6.45, 7) is 5.83. The number of nitrogen functional groups attached to an aromatic ring is 1. The van der Waals surface area contributed by atoms with Crippen molar-refractivity contribution in [2.45, 2.75) is 12.8 Å². The van der Waals surface area contributed by atoms with Gasteiger partial charge in [0, 0.05) is 31.9 Å². The highest BCUT2D eigenvalue weighted by atomic mass is 16.5. The number of nitrogens with two attached hydrogens (primary N) is 1. The molecule has 0 aliphatic carbocycles. The summed E-state index contributed by atoms with van der Waals surface area (Å²) in [7, 11) is 0. The van der Waals surface area contributed by atoms with Gasteiger partial charge >= 0.3 is 0 Å². The molecule has 2 aliphatic rings. The van der Waals surface area contributed by atoms with Gasteiger partial charge in [-0.3, -0.25) is 0 Å². The van der Waals surface area contributed by atoms with Gasteiger partial charge in [-0.15, -0.1) is 0 Å². The molecule has 2 N–H and O–H groups in total. The Morgan fingerprint density at radius 3 is 2.33 bits per heavy atom. The average Bonchev–Trinajstić information content (AvgIpc) is 2.93.